The van der Waals surface area contributed by atoms with Gasteiger partial charge in [0.2, 0.25) is 29.5 Å². The summed E-state index contributed by atoms with van der Waals surface area (Å²) in [5.74, 6) is -2.40. The quantitative estimate of drug-likeness (QED) is 0.0407. The zero-order valence-corrected chi connectivity index (χ0v) is 31.5. The fraction of sp³-hybridized carbons (Fsp3) is 0.583. The first kappa shape index (κ1) is 42.9. The number of nitrogens with two attached hydrogens (primary N) is 3. The molecule has 2 aromatic rings. The molecule has 10 N–H and O–H groups in total. The Balaban J connectivity index is 1.26. The van der Waals surface area contributed by atoms with Crippen LogP contribution in [-0.4, -0.2) is 134 Å². The lowest BCUT2D eigenvalue weighted by Gasteiger charge is -2.31. The summed E-state index contributed by atoms with van der Waals surface area (Å²) in [6.45, 7) is 1.48. The molecule has 2 saturated heterocycles. The number of hydrogen-bond donors (Lipinski definition) is 7. The summed E-state index contributed by atoms with van der Waals surface area (Å²) in [6, 6.07) is 6.05. The average molecular weight is 780 g/mol. The van der Waals surface area contributed by atoms with Gasteiger partial charge in [0, 0.05) is 52.0 Å². The van der Waals surface area contributed by atoms with Gasteiger partial charge in [0.15, 0.2) is 17.6 Å². The van der Waals surface area contributed by atoms with Crippen LogP contribution >= 0.6 is 0 Å². The first-order chi connectivity index (χ1) is 26.9. The van der Waals surface area contributed by atoms with Crippen molar-refractivity contribution in [1.29, 1.82) is 0 Å². The molecule has 0 radical (unpaired) electrons. The van der Waals surface area contributed by atoms with Gasteiger partial charge in [0.25, 0.3) is 0 Å². The van der Waals surface area contributed by atoms with Gasteiger partial charge in [-0.1, -0.05) is 30.3 Å². The van der Waals surface area contributed by atoms with Crippen molar-refractivity contribution in [3.05, 3.63) is 47.5 Å². The molecule has 0 bridgehead atoms. The maximum absolute atomic E-state index is 14.0. The molecule has 304 valence electrons. The van der Waals surface area contributed by atoms with E-state index in [0.29, 0.717) is 64.6 Å². The van der Waals surface area contributed by atoms with Crippen LogP contribution in [0.25, 0.3) is 0 Å². The number of amides is 5. The van der Waals surface area contributed by atoms with Crippen LogP contribution in [0.2, 0.25) is 0 Å². The Kier molecular flexibility index (Phi) is 16.8. The van der Waals surface area contributed by atoms with Gasteiger partial charge in [-0.25, -0.2) is 0 Å². The van der Waals surface area contributed by atoms with E-state index in [1.54, 1.807) is 0 Å². The monoisotopic (exact) mass is 779 g/mol. The van der Waals surface area contributed by atoms with Crippen molar-refractivity contribution >= 4 is 41.5 Å². The van der Waals surface area contributed by atoms with Crippen LogP contribution in [0.15, 0.2) is 35.3 Å². The summed E-state index contributed by atoms with van der Waals surface area (Å²) >= 11 is 0. The van der Waals surface area contributed by atoms with Crippen molar-refractivity contribution < 1.29 is 33.9 Å². The second-order valence-corrected chi connectivity index (χ2v) is 13.8. The molecule has 4 rings (SSSR count). The van der Waals surface area contributed by atoms with Crippen LogP contribution in [0.1, 0.15) is 75.0 Å². The normalized spacial score (nSPS) is 17.4. The molecule has 1 aromatic heterocycles. The zero-order valence-electron chi connectivity index (χ0n) is 31.5. The molecule has 5 amide bonds. The number of carboxylic acid groups (broad SMARTS) is 1. The molecule has 0 aliphatic carbocycles. The Morgan fingerprint density at radius 1 is 0.804 bits per heavy atom. The molecule has 0 saturated carbocycles. The first-order valence-corrected chi connectivity index (χ1v) is 19.0. The number of aryl methyl sites for hydroxylation is 2. The highest BCUT2D eigenvalue weighted by Crippen LogP contribution is 2.22. The van der Waals surface area contributed by atoms with E-state index in [1.165, 1.54) is 9.80 Å². The highest BCUT2D eigenvalue weighted by Gasteiger charge is 2.40. The Bertz CT molecular complexity index is 1670. The molecule has 3 heterocycles. The van der Waals surface area contributed by atoms with Gasteiger partial charge in [-0.3, -0.25) is 33.8 Å². The van der Waals surface area contributed by atoms with Gasteiger partial charge in [-0.15, -0.1) is 20.4 Å². The number of nitrogens with one attached hydrogen (secondary N) is 3. The van der Waals surface area contributed by atoms with Crippen LogP contribution in [0.3, 0.4) is 0 Å². The number of carbonyl (C=O) groups is 6. The predicted molar refractivity (Wildman–Crippen MR) is 202 cm³/mol. The minimum atomic E-state index is -0.984. The molecule has 20 nitrogen and oxygen atoms in total. The van der Waals surface area contributed by atoms with Crippen molar-refractivity contribution in [1.82, 2.24) is 46.1 Å². The topological polar surface area (TPSA) is 307 Å². The lowest BCUT2D eigenvalue weighted by molar-refractivity contribution is -0.143. The minimum absolute atomic E-state index is 0.0872. The van der Waals surface area contributed by atoms with Gasteiger partial charge < -0.3 is 48.1 Å². The molecule has 2 aliphatic heterocycles. The van der Waals surface area contributed by atoms with E-state index in [2.05, 4.69) is 41.3 Å². The second-order valence-electron chi connectivity index (χ2n) is 13.8. The Morgan fingerprint density at radius 2 is 1.39 bits per heavy atom. The van der Waals surface area contributed by atoms with Gasteiger partial charge >= 0.3 is 5.97 Å². The number of aliphatic imine (C=N–C) groups is 1. The van der Waals surface area contributed by atoms with Crippen molar-refractivity contribution in [2.75, 3.05) is 32.7 Å². The van der Waals surface area contributed by atoms with Gasteiger partial charge in [0.05, 0.1) is 12.5 Å². The summed E-state index contributed by atoms with van der Waals surface area (Å²) in [6.07, 6.45) is 3.68. The number of rotatable bonds is 21. The third-order valence-corrected chi connectivity index (χ3v) is 9.53. The minimum Gasteiger partial charge on any atom is -0.481 e. The van der Waals surface area contributed by atoms with Crippen molar-refractivity contribution in [2.45, 2.75) is 101 Å². The molecular formula is C36H53N13O7. The molecule has 20 heteroatoms. The Hall–Kier alpha value is -5.79. The number of benzene rings is 1. The number of nitrogens with zero attached hydrogens (tertiary/aromatic N) is 7. The molecular weight excluding hydrogens is 726 g/mol. The maximum atomic E-state index is 14.0. The lowest BCUT2D eigenvalue weighted by Crippen LogP contribution is -2.57. The van der Waals surface area contributed by atoms with E-state index < -0.39 is 42.0 Å². The number of likely N-dealkylation sites (tertiary alicyclic amines) is 2. The summed E-state index contributed by atoms with van der Waals surface area (Å²) in [5.41, 5.74) is 18.2. The Labute approximate surface area is 324 Å². The van der Waals surface area contributed by atoms with Crippen LogP contribution < -0.4 is 33.2 Å². The number of aliphatic carboxylic acids is 1. The number of guanidine groups is 1. The SMILES string of the molecule is NC(N)=NCCC[C@H](NC(=O)[C@@H]1CCCN1C(=O)[C@H](N)Cc1ccccc1)C(=O)N1CCC[C@H]1C(=O)NCCCNC(=O)CCc1nnc(CCC(=O)O)nn1. The summed E-state index contributed by atoms with van der Waals surface area (Å²) in [5, 5.41) is 32.7. The smallest absolute Gasteiger partial charge is 0.303 e. The largest absolute Gasteiger partial charge is 0.481 e. The van der Waals surface area contributed by atoms with E-state index >= 15 is 0 Å². The molecule has 1 aromatic carbocycles. The fourth-order valence-electron chi connectivity index (χ4n) is 6.65. The fourth-order valence-corrected chi connectivity index (χ4v) is 6.65. The standard InChI is InChI=1S/C36H53N13O7/c37-24(22-23-8-2-1-3-9-23)34(55)48-20-6-12-27(48)33(54)43-25(10-4-17-42-36(38)39)35(56)49-21-5-11-26(49)32(53)41-19-7-18-40-30(50)15-13-28-44-46-29(47-45-28)14-16-31(51)52/h1-3,8-9,24-27H,4-7,10-22,37H2,(H,40,50)(H,41,53)(H,43,54)(H,51,52)(H4,38,39,42)/t24-,25+,26+,27+/m1/s1. The second kappa shape index (κ2) is 21.9. The lowest BCUT2D eigenvalue weighted by atomic mass is 10.0. The van der Waals surface area contributed by atoms with Gasteiger partial charge in [-0.2, -0.15) is 0 Å². The van der Waals surface area contributed by atoms with Crippen LogP contribution in [0.5, 0.6) is 0 Å². The van der Waals surface area contributed by atoms with E-state index in [-0.39, 0.29) is 80.5 Å². The highest BCUT2D eigenvalue weighted by molar-refractivity contribution is 5.95. The van der Waals surface area contributed by atoms with Crippen LogP contribution in [-0.2, 0) is 48.0 Å². The van der Waals surface area contributed by atoms with E-state index in [0.717, 1.165) is 5.56 Å². The Morgan fingerprint density at radius 3 is 2.02 bits per heavy atom. The third-order valence-electron chi connectivity index (χ3n) is 9.53. The van der Waals surface area contributed by atoms with E-state index in [1.807, 2.05) is 30.3 Å². The molecule has 0 unspecified atom stereocenters. The first-order valence-electron chi connectivity index (χ1n) is 19.0. The van der Waals surface area contributed by atoms with Crippen molar-refractivity contribution in [3.8, 4) is 0 Å². The van der Waals surface area contributed by atoms with E-state index in [9.17, 15) is 28.8 Å². The predicted octanol–water partition coefficient (Wildman–Crippen LogP) is -2.07. The molecule has 4 atom stereocenters. The number of carboxylic acids is 1. The zero-order chi connectivity index (χ0) is 40.5. The number of aromatic nitrogens is 4. The maximum Gasteiger partial charge on any atom is 0.303 e. The highest BCUT2D eigenvalue weighted by atomic mass is 16.4. The third kappa shape index (κ3) is 13.5. The number of carbonyl (C=O) groups excluding carboxylic acids is 5. The summed E-state index contributed by atoms with van der Waals surface area (Å²) in [4.78, 5) is 84.4. The molecule has 2 aliphatic rings. The van der Waals surface area contributed by atoms with Crippen LogP contribution in [0.4, 0.5) is 0 Å². The van der Waals surface area contributed by atoms with Crippen molar-refractivity contribution in [2.24, 2.45) is 22.2 Å². The van der Waals surface area contributed by atoms with Gasteiger partial charge in [-0.05, 0) is 56.9 Å². The van der Waals surface area contributed by atoms with Gasteiger partial charge in [0.1, 0.15) is 18.1 Å². The summed E-state index contributed by atoms with van der Waals surface area (Å²) < 4.78 is 0. The number of hydrogen-bond acceptors (Lipinski definition) is 12. The van der Waals surface area contributed by atoms with Crippen molar-refractivity contribution in [3.63, 3.8) is 0 Å². The average Bonchev–Trinajstić information content (AvgIpc) is 3.88. The molecule has 0 spiro atoms. The molecule has 56 heavy (non-hydrogen) atoms. The van der Waals surface area contributed by atoms with Crippen LogP contribution in [0, 0.1) is 0 Å². The molecule has 2 fully saturated rings. The summed E-state index contributed by atoms with van der Waals surface area (Å²) in [7, 11) is 0. The van der Waals surface area contributed by atoms with E-state index in [4.69, 9.17) is 22.3 Å².